The van der Waals surface area contributed by atoms with Crippen LogP contribution in [0.5, 0.6) is 0 Å². The van der Waals surface area contributed by atoms with Gasteiger partial charge in [0.1, 0.15) is 11.1 Å². The molecule has 0 bridgehead atoms. The maximum absolute atomic E-state index is 13.0. The zero-order chi connectivity index (χ0) is 17.3. The van der Waals surface area contributed by atoms with E-state index in [1.165, 1.54) is 4.90 Å². The summed E-state index contributed by atoms with van der Waals surface area (Å²) in [4.78, 5) is 27.3. The van der Waals surface area contributed by atoms with Gasteiger partial charge in [0.25, 0.3) is 0 Å². The molecule has 1 heterocycles. The molecule has 1 aliphatic heterocycles. The fraction of sp³-hybridized carbons (Fsp3) is 0.368. The second-order valence-corrected chi connectivity index (χ2v) is 6.68. The Hall–Kier alpha value is -2.36. The largest absolute Gasteiger partial charge is 0.443 e. The number of rotatable bonds is 4. The summed E-state index contributed by atoms with van der Waals surface area (Å²) in [6, 6.07) is 7.11. The highest BCUT2D eigenvalue weighted by Gasteiger charge is 2.53. The normalized spacial score (nSPS) is 16.0. The lowest BCUT2D eigenvalue weighted by molar-refractivity contribution is 0.0526. The summed E-state index contributed by atoms with van der Waals surface area (Å²) in [5, 5.41) is 0. The van der Waals surface area contributed by atoms with Crippen LogP contribution in [0.15, 0.2) is 49.6 Å². The van der Waals surface area contributed by atoms with E-state index in [-0.39, 0.29) is 5.78 Å². The van der Waals surface area contributed by atoms with Crippen LogP contribution in [0, 0.1) is 0 Å². The van der Waals surface area contributed by atoms with Crippen LogP contribution in [-0.4, -0.2) is 23.0 Å². The van der Waals surface area contributed by atoms with Gasteiger partial charge in [0.2, 0.25) is 0 Å². The Morgan fingerprint density at radius 3 is 2.30 bits per heavy atom. The van der Waals surface area contributed by atoms with Gasteiger partial charge in [-0.3, -0.25) is 9.69 Å². The molecule has 0 saturated carbocycles. The first kappa shape index (κ1) is 17.0. The van der Waals surface area contributed by atoms with Gasteiger partial charge in [-0.25, -0.2) is 4.79 Å². The van der Waals surface area contributed by atoms with Crippen molar-refractivity contribution >= 4 is 17.6 Å². The second kappa shape index (κ2) is 6.03. The number of carbonyl (C=O) groups is 2. The Morgan fingerprint density at radius 1 is 1.22 bits per heavy atom. The van der Waals surface area contributed by atoms with Crippen LogP contribution in [-0.2, 0) is 4.74 Å². The van der Waals surface area contributed by atoms with Gasteiger partial charge in [-0.2, -0.15) is 0 Å². The number of carbonyl (C=O) groups excluding carboxylic acids is 2. The Kier molecular flexibility index (Phi) is 4.46. The van der Waals surface area contributed by atoms with Crippen LogP contribution in [0.25, 0.3) is 0 Å². The third-order valence-corrected chi connectivity index (χ3v) is 3.78. The number of Topliss-reactive ketones (excluding diaryl/α,β-unsaturated/α-hetero) is 1. The van der Waals surface area contributed by atoms with Gasteiger partial charge in [-0.15, -0.1) is 13.2 Å². The number of benzene rings is 1. The Balaban J connectivity index is 2.60. The van der Waals surface area contributed by atoms with Crippen molar-refractivity contribution < 1.29 is 14.3 Å². The molecule has 1 aromatic carbocycles. The Morgan fingerprint density at radius 2 is 1.78 bits per heavy atom. The van der Waals surface area contributed by atoms with E-state index in [0.717, 1.165) is 0 Å². The average Bonchev–Trinajstić information content (AvgIpc) is 2.68. The molecular weight excluding hydrogens is 290 g/mol. The highest BCUT2D eigenvalue weighted by atomic mass is 16.6. The first-order valence-corrected chi connectivity index (χ1v) is 7.65. The molecule has 4 heteroatoms. The van der Waals surface area contributed by atoms with Crippen molar-refractivity contribution in [3.63, 3.8) is 0 Å². The van der Waals surface area contributed by atoms with Crippen molar-refractivity contribution in [3.8, 4) is 0 Å². The maximum atomic E-state index is 13.0. The summed E-state index contributed by atoms with van der Waals surface area (Å²) in [5.74, 6) is -0.0984. The number of ketones is 1. The molecule has 23 heavy (non-hydrogen) atoms. The monoisotopic (exact) mass is 313 g/mol. The Bertz CT molecular complexity index is 645. The molecule has 122 valence electrons. The molecule has 0 radical (unpaired) electrons. The lowest BCUT2D eigenvalue weighted by atomic mass is 9.85. The first-order valence-electron chi connectivity index (χ1n) is 7.65. The van der Waals surface area contributed by atoms with Crippen molar-refractivity contribution in [3.05, 3.63) is 55.1 Å². The number of nitrogens with zero attached hydrogens (tertiary/aromatic N) is 1. The highest BCUT2D eigenvalue weighted by molar-refractivity contribution is 6.19. The van der Waals surface area contributed by atoms with E-state index < -0.39 is 17.2 Å². The quantitative estimate of drug-likeness (QED) is 0.768. The smallest absolute Gasteiger partial charge is 0.415 e. The molecule has 0 unspecified atom stereocenters. The number of hydrogen-bond donors (Lipinski definition) is 0. The Labute approximate surface area is 137 Å². The van der Waals surface area contributed by atoms with Crippen LogP contribution >= 0.6 is 0 Å². The topological polar surface area (TPSA) is 46.6 Å². The summed E-state index contributed by atoms with van der Waals surface area (Å²) in [6.45, 7) is 12.9. The average molecular weight is 313 g/mol. The molecule has 1 aromatic rings. The van der Waals surface area contributed by atoms with Crippen molar-refractivity contribution in [1.82, 2.24) is 0 Å². The number of amides is 1. The van der Waals surface area contributed by atoms with Crippen molar-refractivity contribution in [1.29, 1.82) is 0 Å². The minimum absolute atomic E-state index is 0.0984. The van der Waals surface area contributed by atoms with Gasteiger partial charge >= 0.3 is 6.09 Å². The third-order valence-electron chi connectivity index (χ3n) is 3.78. The molecule has 0 saturated heterocycles. The fourth-order valence-corrected chi connectivity index (χ4v) is 2.95. The lowest BCUT2D eigenvalue weighted by Crippen LogP contribution is -2.54. The van der Waals surface area contributed by atoms with Crippen molar-refractivity contribution in [2.75, 3.05) is 4.90 Å². The predicted molar refractivity (Wildman–Crippen MR) is 91.8 cm³/mol. The summed E-state index contributed by atoms with van der Waals surface area (Å²) >= 11 is 0. The molecule has 1 aliphatic rings. The molecule has 0 N–H and O–H groups in total. The summed E-state index contributed by atoms with van der Waals surface area (Å²) < 4.78 is 5.54. The molecular formula is C19H23NO3. The maximum Gasteiger partial charge on any atom is 0.415 e. The number of anilines is 1. The molecule has 2 rings (SSSR count). The SMILES string of the molecule is C=CCC1(CC=C)C(=O)c2ccccc2N1C(=O)OC(C)(C)C. The molecule has 0 spiro atoms. The van der Waals surface area contributed by atoms with E-state index in [2.05, 4.69) is 13.2 Å². The molecule has 0 aromatic heterocycles. The molecule has 4 nitrogen and oxygen atoms in total. The van der Waals surface area contributed by atoms with Crippen LogP contribution in [0.4, 0.5) is 10.5 Å². The summed E-state index contributed by atoms with van der Waals surface area (Å²) in [7, 11) is 0. The number of fused-ring (bicyclic) bond motifs is 1. The molecule has 0 fully saturated rings. The van der Waals surface area contributed by atoms with Gasteiger partial charge in [0, 0.05) is 5.56 Å². The highest BCUT2D eigenvalue weighted by Crippen LogP contribution is 2.43. The standard InChI is InChI=1S/C19H23NO3/c1-6-12-19(13-7-2)16(21)14-10-8-9-11-15(14)20(19)17(22)23-18(3,4)5/h6-11H,1-2,12-13H2,3-5H3. The van der Waals surface area contributed by atoms with Crippen LogP contribution in [0.3, 0.4) is 0 Å². The molecule has 0 aliphatic carbocycles. The van der Waals surface area contributed by atoms with Gasteiger partial charge in [-0.05, 0) is 45.7 Å². The zero-order valence-electron chi connectivity index (χ0n) is 14.0. The van der Waals surface area contributed by atoms with Crippen molar-refractivity contribution in [2.24, 2.45) is 0 Å². The van der Waals surface area contributed by atoms with Gasteiger partial charge in [-0.1, -0.05) is 24.3 Å². The first-order chi connectivity index (χ1) is 10.8. The lowest BCUT2D eigenvalue weighted by Gasteiger charge is -2.37. The third kappa shape index (κ3) is 2.93. The molecule has 0 atom stereocenters. The zero-order valence-corrected chi connectivity index (χ0v) is 14.0. The van der Waals surface area contributed by atoms with Gasteiger partial charge < -0.3 is 4.74 Å². The van der Waals surface area contributed by atoms with E-state index in [0.29, 0.717) is 24.1 Å². The predicted octanol–water partition coefficient (Wildman–Crippen LogP) is 4.52. The summed E-state index contributed by atoms with van der Waals surface area (Å²) in [6.07, 6.45) is 3.46. The fourth-order valence-electron chi connectivity index (χ4n) is 2.95. The number of ether oxygens (including phenoxy) is 1. The van der Waals surface area contributed by atoms with E-state index in [9.17, 15) is 9.59 Å². The van der Waals surface area contributed by atoms with E-state index in [1.807, 2.05) is 0 Å². The minimum Gasteiger partial charge on any atom is -0.443 e. The number of hydrogen-bond acceptors (Lipinski definition) is 3. The van der Waals surface area contributed by atoms with Crippen LogP contribution in [0.2, 0.25) is 0 Å². The van der Waals surface area contributed by atoms with E-state index in [1.54, 1.807) is 57.2 Å². The van der Waals surface area contributed by atoms with Crippen molar-refractivity contribution in [2.45, 2.75) is 44.8 Å². The van der Waals surface area contributed by atoms with Crippen LogP contribution in [0.1, 0.15) is 44.0 Å². The second-order valence-electron chi connectivity index (χ2n) is 6.68. The molecule has 1 amide bonds. The summed E-state index contributed by atoms with van der Waals surface area (Å²) in [5.41, 5.74) is -0.584. The van der Waals surface area contributed by atoms with Gasteiger partial charge in [0.15, 0.2) is 5.78 Å². The minimum atomic E-state index is -1.05. The van der Waals surface area contributed by atoms with Crippen LogP contribution < -0.4 is 4.90 Å². The number of para-hydroxylation sites is 1. The van der Waals surface area contributed by atoms with E-state index >= 15 is 0 Å². The van der Waals surface area contributed by atoms with E-state index in [4.69, 9.17) is 4.74 Å². The van der Waals surface area contributed by atoms with Gasteiger partial charge in [0.05, 0.1) is 5.69 Å².